The summed E-state index contributed by atoms with van der Waals surface area (Å²) in [4.78, 5) is 10.9. The molecule has 5 nitrogen and oxygen atoms in total. The van der Waals surface area contributed by atoms with Crippen LogP contribution in [0.5, 0.6) is 11.5 Å². The van der Waals surface area contributed by atoms with Gasteiger partial charge in [-0.05, 0) is 41.1 Å². The van der Waals surface area contributed by atoms with Crippen molar-refractivity contribution in [3.8, 4) is 11.5 Å². The van der Waals surface area contributed by atoms with Gasteiger partial charge in [-0.15, -0.1) is 0 Å². The molecule has 106 valence electrons. The Balaban J connectivity index is 2.10. The van der Waals surface area contributed by atoms with Crippen LogP contribution in [-0.4, -0.2) is 29.3 Å². The van der Waals surface area contributed by atoms with Gasteiger partial charge in [-0.1, -0.05) is 0 Å². The van der Waals surface area contributed by atoms with E-state index in [1.165, 1.54) is 0 Å². The summed E-state index contributed by atoms with van der Waals surface area (Å²) in [6, 6.07) is 5.24. The molecule has 0 fully saturated rings. The first-order valence-electron chi connectivity index (χ1n) is 6.26. The van der Waals surface area contributed by atoms with E-state index in [2.05, 4.69) is 21.0 Å². The molecule has 1 aromatic carbocycles. The summed E-state index contributed by atoms with van der Waals surface area (Å²) in [5.74, 6) is 1.16. The van der Waals surface area contributed by atoms with Crippen LogP contribution in [0, 0.1) is 0 Å². The fraction of sp³-hybridized carbons (Fsp3) is 0.286. The lowest BCUT2D eigenvalue weighted by Crippen LogP contribution is -2.09. The molecule has 1 aromatic heterocycles. The number of carbonyl (C=O) groups excluding carboxylic acids is 1. The summed E-state index contributed by atoms with van der Waals surface area (Å²) < 4.78 is 13.7. The quantitative estimate of drug-likeness (QED) is 0.728. The van der Waals surface area contributed by atoms with Crippen molar-refractivity contribution < 1.29 is 14.3 Å². The Kier molecular flexibility index (Phi) is 5.17. The average molecular weight is 339 g/mol. The maximum atomic E-state index is 10.9. The van der Waals surface area contributed by atoms with Gasteiger partial charge in [0.25, 0.3) is 0 Å². The van der Waals surface area contributed by atoms with E-state index in [1.54, 1.807) is 23.0 Å². The van der Waals surface area contributed by atoms with Gasteiger partial charge in [0.2, 0.25) is 0 Å². The molecule has 0 amide bonds. The number of halogens is 1. The Labute approximate surface area is 125 Å². The van der Waals surface area contributed by atoms with Crippen LogP contribution in [0.2, 0.25) is 0 Å². The topological polar surface area (TPSA) is 53.4 Å². The lowest BCUT2D eigenvalue weighted by molar-refractivity contribution is 0.112. The van der Waals surface area contributed by atoms with Gasteiger partial charge in [-0.3, -0.25) is 9.48 Å². The van der Waals surface area contributed by atoms with Crippen LogP contribution in [0.25, 0.3) is 0 Å². The Bertz CT molecular complexity index is 570. The number of aldehydes is 1. The highest BCUT2D eigenvalue weighted by Gasteiger charge is 2.12. The number of rotatable bonds is 7. The number of benzene rings is 1. The van der Waals surface area contributed by atoms with Gasteiger partial charge in [0.1, 0.15) is 12.9 Å². The summed E-state index contributed by atoms with van der Waals surface area (Å²) in [5.41, 5.74) is 0.541. The van der Waals surface area contributed by atoms with Crippen molar-refractivity contribution in [2.24, 2.45) is 0 Å². The third-order valence-corrected chi connectivity index (χ3v) is 3.18. The number of nitrogens with zero attached hydrogens (tertiary/aromatic N) is 2. The number of hydrogen-bond donors (Lipinski definition) is 0. The molecule has 0 aliphatic heterocycles. The zero-order valence-electron chi connectivity index (χ0n) is 11.1. The van der Waals surface area contributed by atoms with E-state index in [0.29, 0.717) is 41.3 Å². The molecule has 0 bridgehead atoms. The van der Waals surface area contributed by atoms with Crippen molar-refractivity contribution in [1.82, 2.24) is 9.78 Å². The predicted molar refractivity (Wildman–Crippen MR) is 78.4 cm³/mol. The van der Waals surface area contributed by atoms with Crippen molar-refractivity contribution in [3.63, 3.8) is 0 Å². The Morgan fingerprint density at radius 3 is 2.90 bits per heavy atom. The highest BCUT2D eigenvalue weighted by Crippen LogP contribution is 2.36. The highest BCUT2D eigenvalue weighted by molar-refractivity contribution is 9.10. The number of carbonyl (C=O) groups is 1. The second kappa shape index (κ2) is 7.09. The molecule has 0 radical (unpaired) electrons. The Hall–Kier alpha value is -1.82. The number of hydrogen-bond acceptors (Lipinski definition) is 4. The first-order valence-corrected chi connectivity index (χ1v) is 7.05. The van der Waals surface area contributed by atoms with E-state index in [1.807, 2.05) is 19.2 Å². The molecular formula is C14H15BrN2O3. The predicted octanol–water partition coefficient (Wildman–Crippen LogP) is 2.94. The fourth-order valence-corrected chi connectivity index (χ4v) is 2.31. The molecule has 0 unspecified atom stereocenters. The van der Waals surface area contributed by atoms with Crippen LogP contribution >= 0.6 is 15.9 Å². The van der Waals surface area contributed by atoms with Crippen LogP contribution in [0.4, 0.5) is 0 Å². The van der Waals surface area contributed by atoms with E-state index in [4.69, 9.17) is 9.47 Å². The molecule has 0 N–H and O–H groups in total. The zero-order chi connectivity index (χ0) is 14.4. The van der Waals surface area contributed by atoms with Gasteiger partial charge < -0.3 is 9.47 Å². The van der Waals surface area contributed by atoms with Crippen molar-refractivity contribution in [2.75, 3.05) is 13.2 Å². The van der Waals surface area contributed by atoms with Crippen LogP contribution in [0.1, 0.15) is 17.3 Å². The lowest BCUT2D eigenvalue weighted by Gasteiger charge is -2.14. The standard InChI is InChI=1S/C14H15BrN2O3/c1-2-19-13-9-11(10-18)8-12(15)14(13)20-7-6-17-5-3-4-16-17/h3-5,8-10H,2,6-7H2,1H3. The summed E-state index contributed by atoms with van der Waals surface area (Å²) in [5, 5.41) is 4.10. The minimum absolute atomic E-state index is 0.459. The molecule has 0 atom stereocenters. The monoisotopic (exact) mass is 338 g/mol. The Morgan fingerprint density at radius 2 is 2.25 bits per heavy atom. The van der Waals surface area contributed by atoms with Gasteiger partial charge in [0.05, 0.1) is 17.6 Å². The van der Waals surface area contributed by atoms with Crippen LogP contribution in [0.15, 0.2) is 35.1 Å². The summed E-state index contributed by atoms with van der Waals surface area (Å²) in [7, 11) is 0. The molecule has 2 rings (SSSR count). The van der Waals surface area contributed by atoms with E-state index >= 15 is 0 Å². The van der Waals surface area contributed by atoms with Crippen LogP contribution < -0.4 is 9.47 Å². The van der Waals surface area contributed by atoms with Crippen molar-refractivity contribution in [3.05, 3.63) is 40.6 Å². The molecule has 0 saturated carbocycles. The average Bonchev–Trinajstić information content (AvgIpc) is 2.95. The molecule has 0 aliphatic carbocycles. The second-order valence-electron chi connectivity index (χ2n) is 4.00. The smallest absolute Gasteiger partial charge is 0.175 e. The summed E-state index contributed by atoms with van der Waals surface area (Å²) in [6.07, 6.45) is 4.37. The largest absolute Gasteiger partial charge is 0.490 e. The molecule has 6 heteroatoms. The highest BCUT2D eigenvalue weighted by atomic mass is 79.9. The fourth-order valence-electron chi connectivity index (χ4n) is 1.73. The normalized spacial score (nSPS) is 10.3. The molecule has 0 saturated heterocycles. The van der Waals surface area contributed by atoms with Crippen molar-refractivity contribution in [2.45, 2.75) is 13.5 Å². The minimum atomic E-state index is 0.459. The molecule has 0 spiro atoms. The van der Waals surface area contributed by atoms with Crippen LogP contribution in [0.3, 0.4) is 0 Å². The SMILES string of the molecule is CCOc1cc(C=O)cc(Br)c1OCCn1cccn1. The van der Waals surface area contributed by atoms with Gasteiger partial charge in [0, 0.05) is 18.0 Å². The maximum Gasteiger partial charge on any atom is 0.175 e. The van der Waals surface area contributed by atoms with Gasteiger partial charge in [-0.25, -0.2) is 0 Å². The first-order chi connectivity index (χ1) is 9.74. The van der Waals surface area contributed by atoms with Crippen LogP contribution in [-0.2, 0) is 6.54 Å². The number of ether oxygens (including phenoxy) is 2. The van der Waals surface area contributed by atoms with Gasteiger partial charge in [0.15, 0.2) is 11.5 Å². The second-order valence-corrected chi connectivity index (χ2v) is 4.85. The maximum absolute atomic E-state index is 10.9. The molecule has 20 heavy (non-hydrogen) atoms. The van der Waals surface area contributed by atoms with Crippen molar-refractivity contribution >= 4 is 22.2 Å². The molecular weight excluding hydrogens is 324 g/mol. The lowest BCUT2D eigenvalue weighted by atomic mass is 10.2. The molecule has 1 heterocycles. The first kappa shape index (κ1) is 14.6. The molecule has 0 aliphatic rings. The van der Waals surface area contributed by atoms with E-state index in [9.17, 15) is 4.79 Å². The van der Waals surface area contributed by atoms with E-state index < -0.39 is 0 Å². The zero-order valence-corrected chi connectivity index (χ0v) is 12.7. The van der Waals surface area contributed by atoms with E-state index in [-0.39, 0.29) is 0 Å². The summed E-state index contributed by atoms with van der Waals surface area (Å²) >= 11 is 3.40. The minimum Gasteiger partial charge on any atom is -0.490 e. The van der Waals surface area contributed by atoms with Gasteiger partial charge in [-0.2, -0.15) is 5.10 Å². The number of aromatic nitrogens is 2. The van der Waals surface area contributed by atoms with E-state index in [0.717, 1.165) is 6.29 Å². The third-order valence-electron chi connectivity index (χ3n) is 2.59. The molecule has 2 aromatic rings. The Morgan fingerprint density at radius 1 is 1.40 bits per heavy atom. The summed E-state index contributed by atoms with van der Waals surface area (Å²) in [6.45, 7) is 3.49. The third kappa shape index (κ3) is 3.60. The van der Waals surface area contributed by atoms with Gasteiger partial charge >= 0.3 is 0 Å². The van der Waals surface area contributed by atoms with Crippen molar-refractivity contribution in [1.29, 1.82) is 0 Å².